The molecule has 0 saturated heterocycles. The summed E-state index contributed by atoms with van der Waals surface area (Å²) in [5.41, 5.74) is 0.204. The van der Waals surface area contributed by atoms with Crippen LogP contribution >= 0.6 is 0 Å². The first-order valence-corrected chi connectivity index (χ1v) is 6.17. The van der Waals surface area contributed by atoms with Crippen LogP contribution in [0.4, 0.5) is 0 Å². The number of carboxylic acids is 1. The van der Waals surface area contributed by atoms with Crippen LogP contribution in [-0.2, 0) is 5.60 Å². The lowest BCUT2D eigenvalue weighted by atomic mass is 9.88. The number of benzene rings is 1. The van der Waals surface area contributed by atoms with Crippen LogP contribution in [0, 0.1) is 0 Å². The second-order valence-corrected chi connectivity index (χ2v) is 5.12. The van der Waals surface area contributed by atoms with E-state index in [1.54, 1.807) is 6.92 Å². The molecule has 0 amide bonds. The zero-order valence-corrected chi connectivity index (χ0v) is 11.3. The molecule has 19 heavy (non-hydrogen) atoms. The molecule has 1 atom stereocenters. The molecule has 1 aromatic carbocycles. The van der Waals surface area contributed by atoms with Crippen molar-refractivity contribution in [1.82, 2.24) is 0 Å². The minimum atomic E-state index is -1.18. The van der Waals surface area contributed by atoms with Gasteiger partial charge in [-0.05, 0) is 45.2 Å². The number of hydrogen-bond acceptors (Lipinski definition) is 3. The lowest BCUT2D eigenvalue weighted by molar-refractivity contribution is 0.0431. The van der Waals surface area contributed by atoms with Gasteiger partial charge in [0.05, 0.1) is 11.2 Å². The monoisotopic (exact) mass is 264 g/mol. The van der Waals surface area contributed by atoms with Gasteiger partial charge in [-0.1, -0.05) is 11.6 Å². The summed E-state index contributed by atoms with van der Waals surface area (Å²) in [6.07, 6.45) is 2.03. The molecule has 0 aromatic heterocycles. The number of carboxylic acid groups (broad SMARTS) is 1. The van der Waals surface area contributed by atoms with Crippen molar-refractivity contribution < 1.29 is 20.1 Å². The number of aromatic hydroxyl groups is 1. The molecule has 0 heterocycles. The number of aromatic carboxylic acids is 1. The second kappa shape index (κ2) is 5.89. The van der Waals surface area contributed by atoms with E-state index in [1.807, 2.05) is 6.92 Å². The van der Waals surface area contributed by atoms with Gasteiger partial charge in [0.1, 0.15) is 5.75 Å². The molecule has 0 radical (unpaired) electrons. The maximum Gasteiger partial charge on any atom is 0.335 e. The molecule has 0 fully saturated rings. The fourth-order valence-electron chi connectivity index (χ4n) is 1.99. The Bertz CT molecular complexity index is 489. The van der Waals surface area contributed by atoms with Crippen LogP contribution < -0.4 is 0 Å². The topological polar surface area (TPSA) is 77.8 Å². The maximum absolute atomic E-state index is 10.8. The number of phenols is 1. The average Bonchev–Trinajstić information content (AvgIpc) is 2.27. The van der Waals surface area contributed by atoms with Crippen molar-refractivity contribution in [3.8, 4) is 5.75 Å². The van der Waals surface area contributed by atoms with Crippen molar-refractivity contribution in [3.05, 3.63) is 41.5 Å². The van der Waals surface area contributed by atoms with Gasteiger partial charge in [-0.25, -0.2) is 4.79 Å². The standard InChI is InChI=1S/C15H20O4/c1-10(2)5-4-8-15(3,19)12-7-6-11(14(17)18)9-13(12)16/h6-7,9,16,19H,1,4-5,8H2,2-3H3,(H,17,18)/t15-/m1/s1. The number of carbonyl (C=O) groups is 1. The summed E-state index contributed by atoms with van der Waals surface area (Å²) in [6.45, 7) is 7.34. The van der Waals surface area contributed by atoms with Crippen molar-refractivity contribution in [3.63, 3.8) is 0 Å². The zero-order valence-electron chi connectivity index (χ0n) is 11.3. The summed E-state index contributed by atoms with van der Waals surface area (Å²) in [5, 5.41) is 29.0. The lowest BCUT2D eigenvalue weighted by Gasteiger charge is -2.25. The molecule has 0 aliphatic carbocycles. The van der Waals surface area contributed by atoms with Crippen LogP contribution in [0.5, 0.6) is 5.75 Å². The molecule has 0 bridgehead atoms. The van der Waals surface area contributed by atoms with E-state index in [1.165, 1.54) is 12.1 Å². The van der Waals surface area contributed by atoms with Crippen molar-refractivity contribution >= 4 is 5.97 Å². The summed E-state index contributed by atoms with van der Waals surface area (Å²) in [7, 11) is 0. The highest BCUT2D eigenvalue weighted by atomic mass is 16.4. The van der Waals surface area contributed by atoms with E-state index in [0.29, 0.717) is 12.0 Å². The van der Waals surface area contributed by atoms with Crippen molar-refractivity contribution in [1.29, 1.82) is 0 Å². The second-order valence-electron chi connectivity index (χ2n) is 5.12. The summed E-state index contributed by atoms with van der Waals surface area (Å²) >= 11 is 0. The fraction of sp³-hybridized carbons (Fsp3) is 0.400. The van der Waals surface area contributed by atoms with E-state index < -0.39 is 11.6 Å². The van der Waals surface area contributed by atoms with Gasteiger partial charge in [0.25, 0.3) is 0 Å². The van der Waals surface area contributed by atoms with E-state index in [4.69, 9.17) is 5.11 Å². The molecule has 0 spiro atoms. The van der Waals surface area contributed by atoms with Gasteiger partial charge in [0.2, 0.25) is 0 Å². The first kappa shape index (κ1) is 15.2. The van der Waals surface area contributed by atoms with Crippen LogP contribution in [-0.4, -0.2) is 21.3 Å². The highest BCUT2D eigenvalue weighted by Gasteiger charge is 2.26. The molecule has 0 aliphatic rings. The summed E-state index contributed by atoms with van der Waals surface area (Å²) in [6, 6.07) is 4.00. The normalized spacial score (nSPS) is 13.8. The van der Waals surface area contributed by atoms with E-state index in [-0.39, 0.29) is 11.3 Å². The minimum absolute atomic E-state index is 0.000939. The predicted molar refractivity (Wildman–Crippen MR) is 73.3 cm³/mol. The summed E-state index contributed by atoms with van der Waals surface area (Å²) in [5.74, 6) is -1.30. The first-order valence-electron chi connectivity index (χ1n) is 6.17. The molecule has 1 aromatic rings. The number of rotatable bonds is 6. The van der Waals surface area contributed by atoms with Gasteiger partial charge in [0.15, 0.2) is 0 Å². The van der Waals surface area contributed by atoms with E-state index in [0.717, 1.165) is 24.5 Å². The van der Waals surface area contributed by atoms with Crippen LogP contribution in [0.2, 0.25) is 0 Å². The zero-order chi connectivity index (χ0) is 14.6. The first-order chi connectivity index (χ1) is 8.74. The molecular formula is C15H20O4. The van der Waals surface area contributed by atoms with Crippen molar-refractivity contribution in [2.24, 2.45) is 0 Å². The Kier molecular flexibility index (Phi) is 4.72. The summed E-state index contributed by atoms with van der Waals surface area (Å²) < 4.78 is 0. The van der Waals surface area contributed by atoms with E-state index in [9.17, 15) is 15.0 Å². The highest BCUT2D eigenvalue weighted by Crippen LogP contribution is 2.34. The predicted octanol–water partition coefficient (Wildman–Crippen LogP) is 3.04. The minimum Gasteiger partial charge on any atom is -0.508 e. The molecule has 1 rings (SSSR count). The Labute approximate surface area is 113 Å². The number of hydrogen-bond donors (Lipinski definition) is 3. The smallest absolute Gasteiger partial charge is 0.335 e. The molecule has 0 aliphatic heterocycles. The molecular weight excluding hydrogens is 244 g/mol. The van der Waals surface area contributed by atoms with Gasteiger partial charge in [-0.2, -0.15) is 0 Å². The Morgan fingerprint density at radius 1 is 1.42 bits per heavy atom. The Morgan fingerprint density at radius 2 is 2.05 bits per heavy atom. The molecule has 0 unspecified atom stereocenters. The van der Waals surface area contributed by atoms with E-state index in [2.05, 4.69) is 6.58 Å². The van der Waals surface area contributed by atoms with E-state index >= 15 is 0 Å². The maximum atomic E-state index is 10.8. The number of aliphatic hydroxyl groups is 1. The van der Waals surface area contributed by atoms with Crippen molar-refractivity contribution in [2.75, 3.05) is 0 Å². The van der Waals surface area contributed by atoms with Crippen LogP contribution in [0.3, 0.4) is 0 Å². The fourth-order valence-corrected chi connectivity index (χ4v) is 1.99. The third-order valence-corrected chi connectivity index (χ3v) is 3.09. The summed E-state index contributed by atoms with van der Waals surface area (Å²) in [4.78, 5) is 10.8. The quantitative estimate of drug-likeness (QED) is 0.690. The Morgan fingerprint density at radius 3 is 2.53 bits per heavy atom. The van der Waals surface area contributed by atoms with Crippen molar-refractivity contribution in [2.45, 2.75) is 38.7 Å². The lowest BCUT2D eigenvalue weighted by Crippen LogP contribution is -2.21. The average molecular weight is 264 g/mol. The SMILES string of the molecule is C=C(C)CCC[C@@](C)(O)c1ccc(C(=O)O)cc1O. The largest absolute Gasteiger partial charge is 0.508 e. The van der Waals surface area contributed by atoms with Gasteiger partial charge >= 0.3 is 5.97 Å². The third-order valence-electron chi connectivity index (χ3n) is 3.09. The van der Waals surface area contributed by atoms with Crippen LogP contribution in [0.1, 0.15) is 49.0 Å². The highest BCUT2D eigenvalue weighted by molar-refractivity contribution is 5.88. The molecule has 4 nitrogen and oxygen atoms in total. The third kappa shape index (κ3) is 4.10. The Balaban J connectivity index is 2.88. The molecule has 0 saturated carbocycles. The number of phenolic OH excluding ortho intramolecular Hbond substituents is 1. The number of allylic oxidation sites excluding steroid dienone is 1. The van der Waals surface area contributed by atoms with Gasteiger partial charge < -0.3 is 15.3 Å². The van der Waals surface area contributed by atoms with Crippen LogP contribution in [0.15, 0.2) is 30.4 Å². The van der Waals surface area contributed by atoms with Gasteiger partial charge in [-0.15, -0.1) is 6.58 Å². The van der Waals surface area contributed by atoms with Gasteiger partial charge in [0, 0.05) is 5.56 Å². The molecule has 104 valence electrons. The van der Waals surface area contributed by atoms with Gasteiger partial charge in [-0.3, -0.25) is 0 Å². The van der Waals surface area contributed by atoms with Crippen LogP contribution in [0.25, 0.3) is 0 Å². The molecule has 3 N–H and O–H groups in total. The molecule has 4 heteroatoms. The Hall–Kier alpha value is -1.81.